The molecule has 0 aromatic carbocycles. The molecule has 2 rings (SSSR count). The van der Waals surface area contributed by atoms with Crippen LogP contribution in [0.25, 0.3) is 0 Å². The smallest absolute Gasteiger partial charge is 0.0314 e. The summed E-state index contributed by atoms with van der Waals surface area (Å²) in [7, 11) is 0. The van der Waals surface area contributed by atoms with Crippen molar-refractivity contribution < 1.29 is 0 Å². The largest absolute Gasteiger partial charge is 0.148 e. The van der Waals surface area contributed by atoms with Gasteiger partial charge in [0.15, 0.2) is 0 Å². The van der Waals surface area contributed by atoms with Crippen LogP contribution in [0.1, 0.15) is 43.9 Å². The molecule has 1 heterocycles. The Bertz CT molecular complexity index is 348. The predicted molar refractivity (Wildman–Crippen MR) is 84.2 cm³/mol. The maximum Gasteiger partial charge on any atom is 0.0314 e. The van der Waals surface area contributed by atoms with Gasteiger partial charge in [-0.3, -0.25) is 0 Å². The standard InChI is InChI=1S/C14H20Br2S/c1-2-3-10-4-5-12(15)11(8-10)9-14-13(16)6-7-17-14/h6-7,10-12H,2-5,8-9H2,1H3. The molecule has 1 saturated carbocycles. The molecule has 0 radical (unpaired) electrons. The second kappa shape index (κ2) is 6.72. The van der Waals surface area contributed by atoms with E-state index in [9.17, 15) is 0 Å². The van der Waals surface area contributed by atoms with Gasteiger partial charge < -0.3 is 0 Å². The molecule has 0 N–H and O–H groups in total. The highest BCUT2D eigenvalue weighted by Gasteiger charge is 2.29. The van der Waals surface area contributed by atoms with E-state index in [-0.39, 0.29) is 0 Å². The fourth-order valence-electron chi connectivity index (χ4n) is 2.91. The quantitative estimate of drug-likeness (QED) is 0.560. The van der Waals surface area contributed by atoms with E-state index in [0.717, 1.165) is 16.7 Å². The van der Waals surface area contributed by atoms with Gasteiger partial charge in [-0.05, 0) is 64.9 Å². The Morgan fingerprint density at radius 3 is 2.88 bits per heavy atom. The molecule has 0 nitrogen and oxygen atoms in total. The molecule has 1 aliphatic rings. The molecule has 96 valence electrons. The first-order chi connectivity index (χ1) is 8.20. The van der Waals surface area contributed by atoms with Crippen molar-refractivity contribution in [1.29, 1.82) is 0 Å². The molecule has 3 atom stereocenters. The number of hydrogen-bond acceptors (Lipinski definition) is 1. The fraction of sp³-hybridized carbons (Fsp3) is 0.714. The molecule has 3 unspecified atom stereocenters. The highest BCUT2D eigenvalue weighted by molar-refractivity contribution is 9.10. The number of rotatable bonds is 4. The van der Waals surface area contributed by atoms with Crippen LogP contribution in [0.15, 0.2) is 15.9 Å². The third kappa shape index (κ3) is 3.81. The van der Waals surface area contributed by atoms with Crippen LogP contribution < -0.4 is 0 Å². The van der Waals surface area contributed by atoms with Crippen LogP contribution in [-0.4, -0.2) is 4.83 Å². The molecular formula is C14H20Br2S. The van der Waals surface area contributed by atoms with Crippen LogP contribution in [0.5, 0.6) is 0 Å². The van der Waals surface area contributed by atoms with Gasteiger partial charge in [-0.25, -0.2) is 0 Å². The molecule has 1 aromatic heterocycles. The number of alkyl halides is 1. The van der Waals surface area contributed by atoms with E-state index in [2.05, 4.69) is 50.2 Å². The molecule has 17 heavy (non-hydrogen) atoms. The molecule has 0 spiro atoms. The summed E-state index contributed by atoms with van der Waals surface area (Å²) in [5, 5.41) is 2.19. The summed E-state index contributed by atoms with van der Waals surface area (Å²) in [6.45, 7) is 2.31. The predicted octanol–water partition coefficient (Wildman–Crippen LogP) is 6.03. The minimum atomic E-state index is 0.726. The Morgan fingerprint density at radius 2 is 2.24 bits per heavy atom. The van der Waals surface area contributed by atoms with Crippen molar-refractivity contribution in [3.63, 3.8) is 0 Å². The lowest BCUT2D eigenvalue weighted by Crippen LogP contribution is -2.26. The highest BCUT2D eigenvalue weighted by atomic mass is 79.9. The summed E-state index contributed by atoms with van der Waals surface area (Å²) in [4.78, 5) is 2.25. The van der Waals surface area contributed by atoms with Gasteiger partial charge in [0.2, 0.25) is 0 Å². The van der Waals surface area contributed by atoms with Crippen LogP contribution in [0, 0.1) is 11.8 Å². The number of halogens is 2. The van der Waals surface area contributed by atoms with Gasteiger partial charge in [-0.1, -0.05) is 35.7 Å². The fourth-order valence-corrected chi connectivity index (χ4v) is 5.19. The Morgan fingerprint density at radius 1 is 1.41 bits per heavy atom. The van der Waals surface area contributed by atoms with Crippen molar-refractivity contribution in [2.45, 2.75) is 50.3 Å². The van der Waals surface area contributed by atoms with Gasteiger partial charge >= 0.3 is 0 Å². The molecule has 1 fully saturated rings. The van der Waals surface area contributed by atoms with E-state index < -0.39 is 0 Å². The van der Waals surface area contributed by atoms with E-state index >= 15 is 0 Å². The van der Waals surface area contributed by atoms with Crippen LogP contribution in [-0.2, 0) is 6.42 Å². The van der Waals surface area contributed by atoms with Crippen molar-refractivity contribution in [2.75, 3.05) is 0 Å². The summed E-state index contributed by atoms with van der Waals surface area (Å²) in [6.07, 6.45) is 8.20. The van der Waals surface area contributed by atoms with E-state index in [1.807, 2.05) is 11.3 Å². The number of hydrogen-bond donors (Lipinski definition) is 0. The first kappa shape index (κ1) is 14.1. The Hall–Kier alpha value is 0.660. The van der Waals surface area contributed by atoms with Gasteiger partial charge in [-0.2, -0.15) is 0 Å². The average molecular weight is 380 g/mol. The lowest BCUT2D eigenvalue weighted by Gasteiger charge is -2.33. The molecule has 0 aliphatic heterocycles. The summed E-state index contributed by atoms with van der Waals surface area (Å²) < 4.78 is 1.31. The molecule has 1 aliphatic carbocycles. The molecule has 0 bridgehead atoms. The number of thiophene rings is 1. The van der Waals surface area contributed by atoms with E-state index in [0.29, 0.717) is 0 Å². The Kier molecular flexibility index (Phi) is 5.56. The highest BCUT2D eigenvalue weighted by Crippen LogP contribution is 2.39. The van der Waals surface area contributed by atoms with E-state index in [4.69, 9.17) is 0 Å². The lowest BCUT2D eigenvalue weighted by molar-refractivity contribution is 0.264. The van der Waals surface area contributed by atoms with Crippen LogP contribution in [0.2, 0.25) is 0 Å². The Labute approximate surface area is 125 Å². The molecule has 0 saturated heterocycles. The third-order valence-corrected chi connectivity index (χ3v) is 6.99. The van der Waals surface area contributed by atoms with Crippen LogP contribution in [0.4, 0.5) is 0 Å². The molecule has 3 heteroatoms. The summed E-state index contributed by atoms with van der Waals surface area (Å²) in [5.41, 5.74) is 0. The maximum atomic E-state index is 3.89. The van der Waals surface area contributed by atoms with E-state index in [1.165, 1.54) is 47.9 Å². The summed E-state index contributed by atoms with van der Waals surface area (Å²) in [5.74, 6) is 1.80. The van der Waals surface area contributed by atoms with Gasteiger partial charge in [0, 0.05) is 14.2 Å². The minimum Gasteiger partial charge on any atom is -0.148 e. The zero-order chi connectivity index (χ0) is 12.3. The SMILES string of the molecule is CCCC1CCC(Br)C(Cc2sccc2Br)C1. The van der Waals surface area contributed by atoms with Crippen LogP contribution in [0.3, 0.4) is 0 Å². The zero-order valence-electron chi connectivity index (χ0n) is 10.3. The second-order valence-electron chi connectivity index (χ2n) is 5.14. The van der Waals surface area contributed by atoms with Crippen molar-refractivity contribution >= 4 is 43.2 Å². The van der Waals surface area contributed by atoms with Crippen molar-refractivity contribution in [3.8, 4) is 0 Å². The van der Waals surface area contributed by atoms with Gasteiger partial charge in [-0.15, -0.1) is 11.3 Å². The lowest BCUT2D eigenvalue weighted by atomic mass is 9.78. The minimum absolute atomic E-state index is 0.726. The first-order valence-corrected chi connectivity index (χ1v) is 9.15. The van der Waals surface area contributed by atoms with E-state index in [1.54, 1.807) is 0 Å². The molecule has 1 aromatic rings. The summed E-state index contributed by atoms with van der Waals surface area (Å²) in [6, 6.07) is 2.18. The monoisotopic (exact) mass is 378 g/mol. The molecular weight excluding hydrogens is 360 g/mol. The van der Waals surface area contributed by atoms with Crippen LogP contribution >= 0.6 is 43.2 Å². The second-order valence-corrected chi connectivity index (χ2v) is 8.17. The maximum absolute atomic E-state index is 3.89. The molecule has 0 amide bonds. The zero-order valence-corrected chi connectivity index (χ0v) is 14.3. The van der Waals surface area contributed by atoms with Gasteiger partial charge in [0.25, 0.3) is 0 Å². The normalized spacial score (nSPS) is 29.5. The van der Waals surface area contributed by atoms with Crippen molar-refractivity contribution in [2.24, 2.45) is 11.8 Å². The first-order valence-electron chi connectivity index (χ1n) is 6.56. The van der Waals surface area contributed by atoms with Crippen molar-refractivity contribution in [3.05, 3.63) is 20.8 Å². The topological polar surface area (TPSA) is 0 Å². The Balaban J connectivity index is 1.96. The van der Waals surface area contributed by atoms with Gasteiger partial charge in [0.05, 0.1) is 0 Å². The summed E-state index contributed by atoms with van der Waals surface area (Å²) >= 11 is 9.44. The average Bonchev–Trinajstić information content (AvgIpc) is 2.70. The van der Waals surface area contributed by atoms with Gasteiger partial charge in [0.1, 0.15) is 0 Å². The van der Waals surface area contributed by atoms with Crippen molar-refractivity contribution in [1.82, 2.24) is 0 Å². The third-order valence-electron chi connectivity index (χ3n) is 3.83.